The summed E-state index contributed by atoms with van der Waals surface area (Å²) in [6.07, 6.45) is -0.188. The SMILES string of the molecule is O=C1C=C(Oc2ccc(-c3ccccc3)cc2)C(O)O1. The number of aliphatic hydroxyl groups is 1. The predicted molar refractivity (Wildman–Crippen MR) is 72.7 cm³/mol. The Labute approximate surface area is 115 Å². The molecule has 0 saturated carbocycles. The fraction of sp³-hybridized carbons (Fsp3) is 0.0625. The lowest BCUT2D eigenvalue weighted by atomic mass is 10.1. The molecule has 0 amide bonds. The largest absolute Gasteiger partial charge is 0.455 e. The summed E-state index contributed by atoms with van der Waals surface area (Å²) >= 11 is 0. The Morgan fingerprint density at radius 2 is 1.60 bits per heavy atom. The van der Waals surface area contributed by atoms with Gasteiger partial charge in [-0.05, 0) is 23.3 Å². The molecule has 100 valence electrons. The Hall–Kier alpha value is -2.59. The van der Waals surface area contributed by atoms with Crippen LogP contribution >= 0.6 is 0 Å². The minimum Gasteiger partial charge on any atom is -0.455 e. The number of ether oxygens (including phenoxy) is 2. The number of hydrogen-bond donors (Lipinski definition) is 1. The number of hydrogen-bond acceptors (Lipinski definition) is 4. The molecule has 20 heavy (non-hydrogen) atoms. The molecular formula is C16H12O4. The molecule has 4 heteroatoms. The maximum atomic E-state index is 11.0. The Morgan fingerprint density at radius 1 is 0.950 bits per heavy atom. The van der Waals surface area contributed by atoms with Crippen LogP contribution < -0.4 is 4.74 Å². The number of esters is 1. The fourth-order valence-electron chi connectivity index (χ4n) is 1.95. The Bertz CT molecular complexity index is 644. The maximum Gasteiger partial charge on any atom is 0.337 e. The molecule has 0 saturated heterocycles. The van der Waals surface area contributed by atoms with Gasteiger partial charge in [0.15, 0.2) is 5.76 Å². The van der Waals surface area contributed by atoms with Crippen molar-refractivity contribution >= 4 is 5.97 Å². The van der Waals surface area contributed by atoms with Gasteiger partial charge < -0.3 is 14.6 Å². The van der Waals surface area contributed by atoms with Crippen molar-refractivity contribution in [3.05, 3.63) is 66.4 Å². The van der Waals surface area contributed by atoms with Crippen LogP contribution in [-0.2, 0) is 9.53 Å². The van der Waals surface area contributed by atoms with E-state index >= 15 is 0 Å². The van der Waals surface area contributed by atoms with Crippen molar-refractivity contribution in [1.82, 2.24) is 0 Å². The second-order valence-corrected chi connectivity index (χ2v) is 4.33. The van der Waals surface area contributed by atoms with Crippen molar-refractivity contribution in [3.63, 3.8) is 0 Å². The van der Waals surface area contributed by atoms with Crippen LogP contribution in [0.4, 0.5) is 0 Å². The average molecular weight is 268 g/mol. The van der Waals surface area contributed by atoms with Gasteiger partial charge in [0, 0.05) is 0 Å². The molecule has 2 aromatic rings. The standard InChI is InChI=1S/C16H12O4/c17-15-10-14(16(18)20-15)19-13-8-6-12(7-9-13)11-4-2-1-3-5-11/h1-10,16,18H. The summed E-state index contributed by atoms with van der Waals surface area (Å²) in [5.41, 5.74) is 2.17. The lowest BCUT2D eigenvalue weighted by Gasteiger charge is -2.10. The van der Waals surface area contributed by atoms with Gasteiger partial charge >= 0.3 is 5.97 Å². The number of cyclic esters (lactones) is 1. The third-order valence-corrected chi connectivity index (χ3v) is 2.93. The second kappa shape index (κ2) is 5.19. The highest BCUT2D eigenvalue weighted by Gasteiger charge is 2.25. The lowest BCUT2D eigenvalue weighted by molar-refractivity contribution is -0.153. The highest BCUT2D eigenvalue weighted by atomic mass is 16.7. The van der Waals surface area contributed by atoms with E-state index in [9.17, 15) is 9.90 Å². The molecule has 1 aliphatic heterocycles. The van der Waals surface area contributed by atoms with Gasteiger partial charge in [0.25, 0.3) is 6.29 Å². The van der Waals surface area contributed by atoms with Gasteiger partial charge in [-0.2, -0.15) is 0 Å². The number of rotatable bonds is 3. The van der Waals surface area contributed by atoms with Gasteiger partial charge in [-0.25, -0.2) is 4.79 Å². The first kappa shape index (κ1) is 12.4. The summed E-state index contributed by atoms with van der Waals surface area (Å²) in [6.45, 7) is 0. The summed E-state index contributed by atoms with van der Waals surface area (Å²) in [6, 6.07) is 17.3. The molecule has 0 spiro atoms. The van der Waals surface area contributed by atoms with Crippen molar-refractivity contribution in [3.8, 4) is 16.9 Å². The number of carbonyl (C=O) groups is 1. The Balaban J connectivity index is 1.77. The van der Waals surface area contributed by atoms with Gasteiger partial charge in [-0.3, -0.25) is 0 Å². The molecular weight excluding hydrogens is 256 g/mol. The van der Waals surface area contributed by atoms with Crippen LogP contribution in [0.1, 0.15) is 0 Å². The molecule has 1 atom stereocenters. The van der Waals surface area contributed by atoms with Gasteiger partial charge in [0.1, 0.15) is 5.75 Å². The summed E-state index contributed by atoms with van der Waals surface area (Å²) in [5, 5.41) is 9.42. The van der Waals surface area contributed by atoms with Crippen LogP contribution in [-0.4, -0.2) is 17.4 Å². The maximum absolute atomic E-state index is 11.0. The van der Waals surface area contributed by atoms with Gasteiger partial charge in [-0.1, -0.05) is 42.5 Å². The van der Waals surface area contributed by atoms with Gasteiger partial charge in [0.05, 0.1) is 6.08 Å². The van der Waals surface area contributed by atoms with Crippen molar-refractivity contribution < 1.29 is 19.4 Å². The monoisotopic (exact) mass is 268 g/mol. The summed E-state index contributed by atoms with van der Waals surface area (Å²) in [4.78, 5) is 11.0. The zero-order valence-electron chi connectivity index (χ0n) is 10.5. The predicted octanol–water partition coefficient (Wildman–Crippen LogP) is 2.49. The second-order valence-electron chi connectivity index (χ2n) is 4.33. The number of aliphatic hydroxyl groups excluding tert-OH is 1. The van der Waals surface area contributed by atoms with E-state index < -0.39 is 12.3 Å². The van der Waals surface area contributed by atoms with E-state index in [-0.39, 0.29) is 5.76 Å². The van der Waals surface area contributed by atoms with Crippen LogP contribution in [0.3, 0.4) is 0 Å². The molecule has 1 unspecified atom stereocenters. The highest BCUT2D eigenvalue weighted by molar-refractivity contribution is 5.85. The molecule has 2 aromatic carbocycles. The van der Waals surface area contributed by atoms with E-state index in [0.29, 0.717) is 5.75 Å². The van der Waals surface area contributed by atoms with Crippen LogP contribution in [0.25, 0.3) is 11.1 Å². The van der Waals surface area contributed by atoms with E-state index in [1.54, 1.807) is 12.1 Å². The molecule has 0 radical (unpaired) electrons. The topological polar surface area (TPSA) is 55.8 Å². The molecule has 1 aliphatic rings. The van der Waals surface area contributed by atoms with E-state index in [2.05, 4.69) is 4.74 Å². The lowest BCUT2D eigenvalue weighted by Crippen LogP contribution is -2.13. The normalized spacial score (nSPS) is 17.6. The molecule has 0 bridgehead atoms. The summed E-state index contributed by atoms with van der Waals surface area (Å²) in [7, 11) is 0. The molecule has 1 heterocycles. The van der Waals surface area contributed by atoms with E-state index in [0.717, 1.165) is 17.2 Å². The third kappa shape index (κ3) is 2.55. The molecule has 4 nitrogen and oxygen atoms in total. The molecule has 3 rings (SSSR count). The molecule has 0 fully saturated rings. The van der Waals surface area contributed by atoms with Gasteiger partial charge in [0.2, 0.25) is 0 Å². The minimum absolute atomic E-state index is 0.0995. The van der Waals surface area contributed by atoms with Crippen LogP contribution in [0, 0.1) is 0 Å². The van der Waals surface area contributed by atoms with Crippen molar-refractivity contribution in [2.75, 3.05) is 0 Å². The quantitative estimate of drug-likeness (QED) is 0.869. The number of carbonyl (C=O) groups excluding carboxylic acids is 1. The smallest absolute Gasteiger partial charge is 0.337 e. The average Bonchev–Trinajstić information content (AvgIpc) is 2.79. The minimum atomic E-state index is -1.32. The highest BCUT2D eigenvalue weighted by Crippen LogP contribution is 2.24. The zero-order valence-corrected chi connectivity index (χ0v) is 10.5. The van der Waals surface area contributed by atoms with E-state index in [1.165, 1.54) is 0 Å². The summed E-state index contributed by atoms with van der Waals surface area (Å²) in [5.74, 6) is 0.0316. The van der Waals surface area contributed by atoms with E-state index in [1.807, 2.05) is 42.5 Å². The fourth-order valence-corrected chi connectivity index (χ4v) is 1.95. The number of benzene rings is 2. The van der Waals surface area contributed by atoms with Crippen molar-refractivity contribution in [2.24, 2.45) is 0 Å². The first-order valence-electron chi connectivity index (χ1n) is 6.16. The first-order chi connectivity index (χ1) is 9.72. The van der Waals surface area contributed by atoms with Crippen LogP contribution in [0.5, 0.6) is 5.75 Å². The van der Waals surface area contributed by atoms with Crippen molar-refractivity contribution in [1.29, 1.82) is 0 Å². The molecule has 0 aliphatic carbocycles. The zero-order chi connectivity index (χ0) is 13.9. The third-order valence-electron chi connectivity index (χ3n) is 2.93. The Kier molecular flexibility index (Phi) is 3.23. The van der Waals surface area contributed by atoms with Crippen LogP contribution in [0.2, 0.25) is 0 Å². The first-order valence-corrected chi connectivity index (χ1v) is 6.16. The summed E-state index contributed by atoms with van der Waals surface area (Å²) < 4.78 is 9.95. The van der Waals surface area contributed by atoms with E-state index in [4.69, 9.17) is 4.74 Å². The molecule has 0 aromatic heterocycles. The van der Waals surface area contributed by atoms with Gasteiger partial charge in [-0.15, -0.1) is 0 Å². The van der Waals surface area contributed by atoms with Crippen molar-refractivity contribution in [2.45, 2.75) is 6.29 Å². The Morgan fingerprint density at radius 3 is 2.20 bits per heavy atom. The van der Waals surface area contributed by atoms with Crippen LogP contribution in [0.15, 0.2) is 66.4 Å². The molecule has 1 N–H and O–H groups in total.